The van der Waals surface area contributed by atoms with Crippen molar-refractivity contribution >= 4 is 40.1 Å². The van der Waals surface area contributed by atoms with E-state index in [1.54, 1.807) is 18.2 Å². The van der Waals surface area contributed by atoms with Gasteiger partial charge in [-0.05, 0) is 42.2 Å². The number of carbonyl (C=O) groups is 1. The van der Waals surface area contributed by atoms with Crippen LogP contribution < -0.4 is 0 Å². The molecule has 124 valence electrons. The van der Waals surface area contributed by atoms with E-state index in [-0.39, 0.29) is 12.6 Å². The second kappa shape index (κ2) is 7.73. The van der Waals surface area contributed by atoms with Crippen LogP contribution >= 0.6 is 23.2 Å². The summed E-state index contributed by atoms with van der Waals surface area (Å²) in [6.45, 7) is 0.211. The molecule has 0 radical (unpaired) electrons. The van der Waals surface area contributed by atoms with E-state index in [0.29, 0.717) is 16.5 Å². The van der Waals surface area contributed by atoms with Crippen molar-refractivity contribution in [3.8, 4) is 0 Å². The largest absolute Gasteiger partial charge is 0.461 e. The van der Waals surface area contributed by atoms with E-state index < -0.39 is 0 Å². The van der Waals surface area contributed by atoms with Crippen molar-refractivity contribution in [3.63, 3.8) is 0 Å². The summed E-state index contributed by atoms with van der Waals surface area (Å²) in [6, 6.07) is 13.4. The maximum Gasteiger partial charge on any atom is 0.306 e. The number of H-pyrrole nitrogens is 1. The Morgan fingerprint density at radius 1 is 1.08 bits per heavy atom. The lowest BCUT2D eigenvalue weighted by molar-refractivity contribution is -0.145. The third kappa shape index (κ3) is 4.11. The summed E-state index contributed by atoms with van der Waals surface area (Å²) in [4.78, 5) is 15.1. The van der Waals surface area contributed by atoms with Gasteiger partial charge >= 0.3 is 5.97 Å². The molecule has 3 rings (SSSR count). The standard InChI is InChI=1S/C19H17Cl2NO2/c20-16-9-8-13(10-17(16)21)12-24-19(23)7-3-4-14-11-22-18-6-2-1-5-15(14)18/h1-2,5-6,8-11,22H,3-4,7,12H2. The van der Waals surface area contributed by atoms with E-state index in [1.807, 2.05) is 24.4 Å². The molecule has 2 aromatic carbocycles. The molecule has 1 aromatic heterocycles. The van der Waals surface area contributed by atoms with Gasteiger partial charge in [0, 0.05) is 23.5 Å². The van der Waals surface area contributed by atoms with Crippen LogP contribution in [0.5, 0.6) is 0 Å². The molecule has 3 aromatic rings. The van der Waals surface area contributed by atoms with E-state index in [9.17, 15) is 4.79 Å². The summed E-state index contributed by atoms with van der Waals surface area (Å²) >= 11 is 11.8. The Morgan fingerprint density at radius 2 is 1.92 bits per heavy atom. The molecular formula is C19H17Cl2NO2. The number of aryl methyl sites for hydroxylation is 1. The highest BCUT2D eigenvalue weighted by atomic mass is 35.5. The molecule has 0 bridgehead atoms. The minimum absolute atomic E-state index is 0.207. The molecular weight excluding hydrogens is 345 g/mol. The fraction of sp³-hybridized carbons (Fsp3) is 0.211. The zero-order chi connectivity index (χ0) is 16.9. The van der Waals surface area contributed by atoms with Gasteiger partial charge in [-0.1, -0.05) is 47.5 Å². The second-order valence-corrected chi connectivity index (χ2v) is 6.44. The van der Waals surface area contributed by atoms with Gasteiger partial charge in [-0.15, -0.1) is 0 Å². The maximum atomic E-state index is 11.9. The maximum absolute atomic E-state index is 11.9. The number of para-hydroxylation sites is 1. The molecule has 1 heterocycles. The predicted molar refractivity (Wildman–Crippen MR) is 97.5 cm³/mol. The fourth-order valence-electron chi connectivity index (χ4n) is 2.63. The van der Waals surface area contributed by atoms with Gasteiger partial charge in [-0.25, -0.2) is 0 Å². The van der Waals surface area contributed by atoms with Crippen LogP contribution in [0.1, 0.15) is 24.0 Å². The normalized spacial score (nSPS) is 10.9. The lowest BCUT2D eigenvalue weighted by Gasteiger charge is -2.06. The number of nitrogens with one attached hydrogen (secondary N) is 1. The smallest absolute Gasteiger partial charge is 0.306 e. The molecule has 0 spiro atoms. The Hall–Kier alpha value is -1.97. The van der Waals surface area contributed by atoms with Crippen molar-refractivity contribution in [1.29, 1.82) is 0 Å². The predicted octanol–water partition coefficient (Wildman–Crippen LogP) is 5.54. The van der Waals surface area contributed by atoms with Gasteiger partial charge in [0.1, 0.15) is 6.61 Å². The lowest BCUT2D eigenvalue weighted by Crippen LogP contribution is -2.05. The zero-order valence-electron chi connectivity index (χ0n) is 13.0. The number of fused-ring (bicyclic) bond motifs is 1. The first-order valence-electron chi connectivity index (χ1n) is 7.78. The number of hydrogen-bond acceptors (Lipinski definition) is 2. The van der Waals surface area contributed by atoms with Crippen molar-refractivity contribution in [2.45, 2.75) is 25.9 Å². The molecule has 0 aliphatic carbocycles. The molecule has 0 amide bonds. The molecule has 0 aliphatic rings. The van der Waals surface area contributed by atoms with Gasteiger partial charge in [0.25, 0.3) is 0 Å². The van der Waals surface area contributed by atoms with E-state index >= 15 is 0 Å². The molecule has 5 heteroatoms. The molecule has 0 aliphatic heterocycles. The average molecular weight is 362 g/mol. The number of aromatic amines is 1. The Balaban J connectivity index is 1.46. The molecule has 0 saturated carbocycles. The molecule has 0 unspecified atom stereocenters. The van der Waals surface area contributed by atoms with Gasteiger partial charge in [-0.3, -0.25) is 4.79 Å². The van der Waals surface area contributed by atoms with Crippen LogP contribution in [0.25, 0.3) is 10.9 Å². The number of hydrogen-bond donors (Lipinski definition) is 1. The summed E-state index contributed by atoms with van der Waals surface area (Å²) in [7, 11) is 0. The monoisotopic (exact) mass is 361 g/mol. The average Bonchev–Trinajstić information content (AvgIpc) is 2.99. The van der Waals surface area contributed by atoms with E-state index in [4.69, 9.17) is 27.9 Å². The highest BCUT2D eigenvalue weighted by Crippen LogP contribution is 2.23. The van der Waals surface area contributed by atoms with Crippen LogP contribution in [0.4, 0.5) is 0 Å². The Bertz CT molecular complexity index is 857. The van der Waals surface area contributed by atoms with Crippen LogP contribution in [-0.4, -0.2) is 11.0 Å². The third-order valence-electron chi connectivity index (χ3n) is 3.89. The van der Waals surface area contributed by atoms with Crippen LogP contribution in [0, 0.1) is 0 Å². The number of esters is 1. The number of halogens is 2. The first kappa shape index (κ1) is 16.9. The lowest BCUT2D eigenvalue weighted by atomic mass is 10.1. The van der Waals surface area contributed by atoms with Gasteiger partial charge in [0.2, 0.25) is 0 Å². The first-order valence-corrected chi connectivity index (χ1v) is 8.53. The summed E-state index contributed by atoms with van der Waals surface area (Å²) < 4.78 is 5.28. The van der Waals surface area contributed by atoms with Crippen molar-refractivity contribution in [3.05, 3.63) is 69.8 Å². The molecule has 0 saturated heterocycles. The Labute approximate surface area is 150 Å². The minimum atomic E-state index is -0.207. The second-order valence-electron chi connectivity index (χ2n) is 5.62. The number of benzene rings is 2. The van der Waals surface area contributed by atoms with E-state index in [2.05, 4.69) is 11.1 Å². The molecule has 0 fully saturated rings. The van der Waals surface area contributed by atoms with Gasteiger partial charge in [0.15, 0.2) is 0 Å². The highest BCUT2D eigenvalue weighted by molar-refractivity contribution is 6.42. The van der Waals surface area contributed by atoms with Crippen LogP contribution in [0.3, 0.4) is 0 Å². The highest BCUT2D eigenvalue weighted by Gasteiger charge is 2.07. The number of rotatable bonds is 6. The minimum Gasteiger partial charge on any atom is -0.461 e. The molecule has 1 N–H and O–H groups in total. The van der Waals surface area contributed by atoms with Gasteiger partial charge in [0.05, 0.1) is 10.0 Å². The zero-order valence-corrected chi connectivity index (χ0v) is 14.5. The molecule has 0 atom stereocenters. The first-order chi connectivity index (χ1) is 11.6. The van der Waals surface area contributed by atoms with Gasteiger partial charge in [-0.2, -0.15) is 0 Å². The quantitative estimate of drug-likeness (QED) is 0.585. The third-order valence-corrected chi connectivity index (χ3v) is 4.62. The molecule has 3 nitrogen and oxygen atoms in total. The van der Waals surface area contributed by atoms with E-state index in [1.165, 1.54) is 10.9 Å². The van der Waals surface area contributed by atoms with Crippen LogP contribution in [-0.2, 0) is 22.6 Å². The topological polar surface area (TPSA) is 42.1 Å². The van der Waals surface area contributed by atoms with E-state index in [0.717, 1.165) is 23.9 Å². The van der Waals surface area contributed by atoms with Crippen LogP contribution in [0.2, 0.25) is 10.0 Å². The van der Waals surface area contributed by atoms with Crippen molar-refractivity contribution in [1.82, 2.24) is 4.98 Å². The Kier molecular flexibility index (Phi) is 5.44. The number of carbonyl (C=O) groups excluding carboxylic acids is 1. The summed E-state index contributed by atoms with van der Waals surface area (Å²) in [6.07, 6.45) is 3.99. The van der Waals surface area contributed by atoms with Gasteiger partial charge < -0.3 is 9.72 Å². The summed E-state index contributed by atoms with van der Waals surface area (Å²) in [5.41, 5.74) is 3.17. The van der Waals surface area contributed by atoms with Crippen molar-refractivity contribution in [2.24, 2.45) is 0 Å². The van der Waals surface area contributed by atoms with Crippen molar-refractivity contribution < 1.29 is 9.53 Å². The number of aromatic nitrogens is 1. The number of ether oxygens (including phenoxy) is 1. The Morgan fingerprint density at radius 3 is 2.75 bits per heavy atom. The van der Waals surface area contributed by atoms with Crippen LogP contribution in [0.15, 0.2) is 48.7 Å². The SMILES string of the molecule is O=C(CCCc1c[nH]c2ccccc12)OCc1ccc(Cl)c(Cl)c1. The molecule has 24 heavy (non-hydrogen) atoms. The summed E-state index contributed by atoms with van der Waals surface area (Å²) in [5, 5.41) is 2.16. The van der Waals surface area contributed by atoms with Crippen molar-refractivity contribution in [2.75, 3.05) is 0 Å². The fourth-order valence-corrected chi connectivity index (χ4v) is 2.95. The summed E-state index contributed by atoms with van der Waals surface area (Å²) in [5.74, 6) is -0.207.